The molecule has 0 saturated carbocycles. The number of aryl methyl sites for hydroxylation is 2. The van der Waals surface area contributed by atoms with E-state index in [-0.39, 0.29) is 23.5 Å². The Labute approximate surface area is 168 Å². The van der Waals surface area contributed by atoms with Crippen molar-refractivity contribution in [3.8, 4) is 5.75 Å². The number of carbonyl (C=O) groups is 2. The van der Waals surface area contributed by atoms with Crippen molar-refractivity contribution < 1.29 is 14.3 Å². The number of hydrogen-bond acceptors (Lipinski definition) is 4. The third-order valence-corrected chi connectivity index (χ3v) is 4.30. The van der Waals surface area contributed by atoms with Crippen molar-refractivity contribution in [1.29, 1.82) is 0 Å². The lowest BCUT2D eigenvalue weighted by atomic mass is 10.1. The van der Waals surface area contributed by atoms with E-state index < -0.39 is 0 Å². The van der Waals surface area contributed by atoms with Crippen molar-refractivity contribution in [3.05, 3.63) is 52.5 Å². The van der Waals surface area contributed by atoms with Crippen molar-refractivity contribution in [3.63, 3.8) is 0 Å². The van der Waals surface area contributed by atoms with Crippen molar-refractivity contribution in [2.75, 3.05) is 17.2 Å². The van der Waals surface area contributed by atoms with Gasteiger partial charge in [-0.25, -0.2) is 0 Å². The van der Waals surface area contributed by atoms with Crippen molar-refractivity contribution >= 4 is 52.1 Å². The highest BCUT2D eigenvalue weighted by Crippen LogP contribution is 2.25. The molecule has 0 fully saturated rings. The molecule has 0 atom stereocenters. The maximum absolute atomic E-state index is 12.1. The predicted octanol–water partition coefficient (Wildman–Crippen LogP) is 3.81. The van der Waals surface area contributed by atoms with E-state index in [1.807, 2.05) is 13.8 Å². The Morgan fingerprint density at radius 2 is 1.56 bits per heavy atom. The van der Waals surface area contributed by atoms with E-state index in [4.69, 9.17) is 28.6 Å². The Bertz CT molecular complexity index is 846. The lowest BCUT2D eigenvalue weighted by Gasteiger charge is -2.11. The van der Waals surface area contributed by atoms with E-state index in [9.17, 15) is 9.59 Å². The second-order valence-electron chi connectivity index (χ2n) is 5.92. The molecule has 8 heteroatoms. The molecule has 0 spiro atoms. The molecular weight excluding hydrogens is 386 g/mol. The lowest BCUT2D eigenvalue weighted by molar-refractivity contribution is -0.118. The number of hydrogen-bond donors (Lipinski definition) is 3. The van der Waals surface area contributed by atoms with Gasteiger partial charge in [-0.2, -0.15) is 0 Å². The molecule has 142 valence electrons. The Balaban J connectivity index is 1.87. The molecule has 2 aromatic carbocycles. The first-order valence-electron chi connectivity index (χ1n) is 8.12. The highest BCUT2D eigenvalue weighted by Gasteiger charge is 2.07. The van der Waals surface area contributed by atoms with Crippen LogP contribution in [0.4, 0.5) is 11.4 Å². The number of halogens is 1. The monoisotopic (exact) mass is 405 g/mol. The fourth-order valence-corrected chi connectivity index (χ4v) is 2.67. The zero-order valence-electron chi connectivity index (χ0n) is 15.2. The molecule has 2 amide bonds. The quantitative estimate of drug-likeness (QED) is 0.659. The van der Waals surface area contributed by atoms with Gasteiger partial charge < -0.3 is 20.7 Å². The summed E-state index contributed by atoms with van der Waals surface area (Å²) in [5, 5.41) is 8.98. The molecule has 0 aliphatic heterocycles. The minimum absolute atomic E-state index is 0.118. The average molecular weight is 406 g/mol. The van der Waals surface area contributed by atoms with Crippen molar-refractivity contribution in [2.24, 2.45) is 0 Å². The van der Waals surface area contributed by atoms with E-state index in [1.54, 1.807) is 36.4 Å². The lowest BCUT2D eigenvalue weighted by Crippen LogP contribution is -2.32. The molecule has 0 heterocycles. The van der Waals surface area contributed by atoms with Crippen molar-refractivity contribution in [2.45, 2.75) is 20.8 Å². The molecule has 0 aliphatic carbocycles. The minimum Gasteiger partial charge on any atom is -0.484 e. The highest BCUT2D eigenvalue weighted by molar-refractivity contribution is 7.80. The van der Waals surface area contributed by atoms with Crippen LogP contribution in [-0.2, 0) is 9.59 Å². The van der Waals surface area contributed by atoms with Crippen LogP contribution in [0, 0.1) is 13.8 Å². The summed E-state index contributed by atoms with van der Waals surface area (Å²) in [7, 11) is 0. The van der Waals surface area contributed by atoms with Gasteiger partial charge in [0.05, 0.1) is 0 Å². The first-order valence-corrected chi connectivity index (χ1v) is 8.91. The smallest absolute Gasteiger partial charge is 0.262 e. The van der Waals surface area contributed by atoms with Gasteiger partial charge in [0, 0.05) is 23.3 Å². The third-order valence-electron chi connectivity index (χ3n) is 3.50. The summed E-state index contributed by atoms with van der Waals surface area (Å²) in [6.45, 7) is 5.03. The second-order valence-corrected chi connectivity index (χ2v) is 6.71. The average Bonchev–Trinajstić information content (AvgIpc) is 2.58. The van der Waals surface area contributed by atoms with Gasteiger partial charge in [0.25, 0.3) is 5.91 Å². The number of ether oxygens (including phenoxy) is 1. The Morgan fingerprint density at radius 1 is 1.04 bits per heavy atom. The van der Waals surface area contributed by atoms with Gasteiger partial charge in [-0.15, -0.1) is 0 Å². The molecule has 27 heavy (non-hydrogen) atoms. The van der Waals surface area contributed by atoms with Gasteiger partial charge >= 0.3 is 0 Å². The molecule has 6 nitrogen and oxygen atoms in total. The number of thiocarbonyl (C=S) groups is 1. The number of nitrogens with one attached hydrogen (secondary N) is 3. The summed E-state index contributed by atoms with van der Waals surface area (Å²) in [4.78, 5) is 23.0. The standard InChI is InChI=1S/C19H20ClN3O3S/c1-11-8-16(9-12(2)18(11)20)26-10-17(25)22-14-4-6-15(7-5-14)23-19(27)21-13(3)24/h4-9H,10H2,1-3H3,(H,22,25)(H2,21,23,24,27). The maximum atomic E-state index is 12.1. The molecule has 2 rings (SSSR count). The SMILES string of the molecule is CC(=O)NC(=S)Nc1ccc(NC(=O)COc2cc(C)c(Cl)c(C)c2)cc1. The molecule has 0 radical (unpaired) electrons. The zero-order valence-corrected chi connectivity index (χ0v) is 16.8. The van der Waals surface area contributed by atoms with E-state index in [2.05, 4.69) is 16.0 Å². The van der Waals surface area contributed by atoms with Crippen LogP contribution in [-0.4, -0.2) is 23.5 Å². The van der Waals surface area contributed by atoms with Crippen LogP contribution >= 0.6 is 23.8 Å². The molecule has 0 unspecified atom stereocenters. The predicted molar refractivity (Wildman–Crippen MR) is 112 cm³/mol. The van der Waals surface area contributed by atoms with E-state index in [0.29, 0.717) is 22.1 Å². The van der Waals surface area contributed by atoms with E-state index >= 15 is 0 Å². The summed E-state index contributed by atoms with van der Waals surface area (Å²) >= 11 is 11.1. The largest absolute Gasteiger partial charge is 0.484 e. The van der Waals surface area contributed by atoms with Crippen molar-refractivity contribution in [1.82, 2.24) is 5.32 Å². The molecule has 0 aromatic heterocycles. The summed E-state index contributed by atoms with van der Waals surface area (Å²) in [5.41, 5.74) is 3.10. The zero-order chi connectivity index (χ0) is 20.0. The summed E-state index contributed by atoms with van der Waals surface area (Å²) < 4.78 is 5.53. The Hall–Kier alpha value is -2.64. The van der Waals surface area contributed by atoms with Crippen LogP contribution in [0.15, 0.2) is 36.4 Å². The van der Waals surface area contributed by atoms with Crippen LogP contribution in [0.5, 0.6) is 5.75 Å². The Kier molecular flexibility index (Phi) is 7.15. The minimum atomic E-state index is -0.283. The summed E-state index contributed by atoms with van der Waals surface area (Å²) in [6.07, 6.45) is 0. The van der Waals surface area contributed by atoms with Gasteiger partial charge in [0.1, 0.15) is 5.75 Å². The van der Waals surface area contributed by atoms with E-state index in [1.165, 1.54) is 6.92 Å². The van der Waals surface area contributed by atoms with Crippen LogP contribution in [0.1, 0.15) is 18.1 Å². The number of anilines is 2. The number of benzene rings is 2. The first-order chi connectivity index (χ1) is 12.7. The fraction of sp³-hybridized carbons (Fsp3) is 0.211. The second kappa shape index (κ2) is 9.34. The molecule has 0 saturated heterocycles. The number of carbonyl (C=O) groups excluding carboxylic acids is 2. The summed E-state index contributed by atoms with van der Waals surface area (Å²) in [5.74, 6) is 0.0628. The molecule has 0 bridgehead atoms. The van der Waals surface area contributed by atoms with Crippen LogP contribution in [0.3, 0.4) is 0 Å². The fourth-order valence-electron chi connectivity index (χ4n) is 2.29. The molecule has 0 aliphatic rings. The Morgan fingerprint density at radius 3 is 2.07 bits per heavy atom. The van der Waals surface area contributed by atoms with E-state index in [0.717, 1.165) is 11.1 Å². The van der Waals surface area contributed by atoms with Gasteiger partial charge in [-0.1, -0.05) is 11.6 Å². The van der Waals surface area contributed by atoms with Crippen LogP contribution in [0.2, 0.25) is 5.02 Å². The van der Waals surface area contributed by atoms with Crippen LogP contribution < -0.4 is 20.7 Å². The van der Waals surface area contributed by atoms with Gasteiger partial charge in [0.15, 0.2) is 11.7 Å². The van der Waals surface area contributed by atoms with Gasteiger partial charge in [-0.05, 0) is 73.6 Å². The maximum Gasteiger partial charge on any atom is 0.262 e. The first kappa shape index (κ1) is 20.7. The van der Waals surface area contributed by atoms with Gasteiger partial charge in [-0.3, -0.25) is 9.59 Å². The van der Waals surface area contributed by atoms with Crippen LogP contribution in [0.25, 0.3) is 0 Å². The molecule has 2 aromatic rings. The topological polar surface area (TPSA) is 79.5 Å². The molecular formula is C19H20ClN3O3S. The highest BCUT2D eigenvalue weighted by atomic mass is 35.5. The number of amides is 2. The third kappa shape index (κ3) is 6.54. The normalized spacial score (nSPS) is 10.1. The summed E-state index contributed by atoms with van der Waals surface area (Å²) in [6, 6.07) is 10.5. The molecule has 3 N–H and O–H groups in total. The van der Waals surface area contributed by atoms with Gasteiger partial charge in [0.2, 0.25) is 5.91 Å². The number of rotatable bonds is 5.